The maximum Gasteiger partial charge on any atom is 0.337 e. The number of rotatable bonds is 8. The van der Waals surface area contributed by atoms with Crippen LogP contribution in [0.4, 0.5) is 11.4 Å². The average Bonchev–Trinajstić information content (AvgIpc) is 2.71. The molecule has 2 rings (SSSR count). The van der Waals surface area contributed by atoms with Crippen LogP contribution in [0.5, 0.6) is 0 Å². The normalized spacial score (nSPS) is 10.8. The van der Waals surface area contributed by atoms with Gasteiger partial charge in [-0.1, -0.05) is 18.7 Å². The van der Waals surface area contributed by atoms with Crippen molar-refractivity contribution >= 4 is 35.5 Å². The molecule has 0 atom stereocenters. The summed E-state index contributed by atoms with van der Waals surface area (Å²) in [7, 11) is 3.16. The van der Waals surface area contributed by atoms with Crippen molar-refractivity contribution in [2.45, 2.75) is 6.92 Å². The predicted octanol–water partition coefficient (Wildman–Crippen LogP) is 4.57. The van der Waals surface area contributed by atoms with Crippen molar-refractivity contribution in [1.82, 2.24) is 0 Å². The van der Waals surface area contributed by atoms with Gasteiger partial charge in [0.2, 0.25) is 0 Å². The van der Waals surface area contributed by atoms with Gasteiger partial charge in [-0.2, -0.15) is 0 Å². The lowest BCUT2D eigenvalue weighted by atomic mass is 10.0. The van der Waals surface area contributed by atoms with Gasteiger partial charge in [0.15, 0.2) is 0 Å². The minimum atomic E-state index is -0.382. The number of aliphatic imine (C=N–C) groups is 1. The number of methoxy groups -OCH3 is 1. The maximum absolute atomic E-state index is 11.5. The maximum atomic E-state index is 11.5. The molecule has 0 fully saturated rings. The van der Waals surface area contributed by atoms with E-state index in [1.807, 2.05) is 25.2 Å². The van der Waals surface area contributed by atoms with E-state index in [4.69, 9.17) is 10.1 Å². The molecule has 0 saturated carbocycles. The van der Waals surface area contributed by atoms with Crippen LogP contribution < -0.4 is 10.6 Å². The van der Waals surface area contributed by atoms with Crippen LogP contribution in [0, 0.1) is 5.41 Å². The van der Waals surface area contributed by atoms with Crippen LogP contribution in [0.2, 0.25) is 0 Å². The van der Waals surface area contributed by atoms with Gasteiger partial charge in [0.1, 0.15) is 0 Å². The summed E-state index contributed by atoms with van der Waals surface area (Å²) in [5, 5.41) is 14.1. The van der Waals surface area contributed by atoms with Gasteiger partial charge in [-0.05, 0) is 50.0 Å². The van der Waals surface area contributed by atoms with Crippen molar-refractivity contribution in [2.24, 2.45) is 4.99 Å². The second kappa shape index (κ2) is 9.32. The molecule has 2 aromatic rings. The molecule has 6 heteroatoms. The van der Waals surface area contributed by atoms with E-state index in [-0.39, 0.29) is 5.97 Å². The Labute approximate surface area is 165 Å². The quantitative estimate of drug-likeness (QED) is 0.358. The van der Waals surface area contributed by atoms with Gasteiger partial charge >= 0.3 is 5.97 Å². The molecule has 0 amide bonds. The number of hydrogen-bond acceptors (Lipinski definition) is 6. The Hall–Kier alpha value is -3.67. The number of hydrogen-bond donors (Lipinski definition) is 3. The molecule has 2 aromatic carbocycles. The Kier molecular flexibility index (Phi) is 6.87. The molecule has 0 saturated heterocycles. The number of ether oxygens (including phenoxy) is 1. The Morgan fingerprint density at radius 3 is 2.36 bits per heavy atom. The van der Waals surface area contributed by atoms with Crippen LogP contribution in [0.15, 0.2) is 65.8 Å². The highest BCUT2D eigenvalue weighted by atomic mass is 16.5. The highest BCUT2D eigenvalue weighted by Gasteiger charge is 2.08. The van der Waals surface area contributed by atoms with Crippen LogP contribution in [-0.4, -0.2) is 32.6 Å². The Bertz CT molecular complexity index is 944. The first kappa shape index (κ1) is 20.6. The van der Waals surface area contributed by atoms with E-state index in [0.29, 0.717) is 22.7 Å². The van der Waals surface area contributed by atoms with Crippen LogP contribution >= 0.6 is 0 Å². The molecule has 0 aliphatic rings. The predicted molar refractivity (Wildman–Crippen MR) is 117 cm³/mol. The number of anilines is 2. The van der Waals surface area contributed by atoms with Crippen LogP contribution in [0.3, 0.4) is 0 Å². The van der Waals surface area contributed by atoms with E-state index in [0.717, 1.165) is 22.5 Å². The zero-order valence-electron chi connectivity index (χ0n) is 16.3. The topological polar surface area (TPSA) is 86.6 Å². The van der Waals surface area contributed by atoms with Crippen LogP contribution in [-0.2, 0) is 4.74 Å². The smallest absolute Gasteiger partial charge is 0.337 e. The first-order chi connectivity index (χ1) is 13.4. The molecule has 0 radical (unpaired) electrons. The molecular formula is C22H24N4O2. The third-order valence-corrected chi connectivity index (χ3v) is 4.08. The first-order valence-corrected chi connectivity index (χ1v) is 8.60. The van der Waals surface area contributed by atoms with E-state index < -0.39 is 0 Å². The SMILES string of the molecule is C=N/C(=C\C(=C)Nc1ccc(C(=O)OC)cc1)c1ccc(C(C)=N)c(NC)c1. The van der Waals surface area contributed by atoms with E-state index in [9.17, 15) is 4.79 Å². The lowest BCUT2D eigenvalue weighted by molar-refractivity contribution is 0.0601. The van der Waals surface area contributed by atoms with Gasteiger partial charge < -0.3 is 20.8 Å². The first-order valence-electron chi connectivity index (χ1n) is 8.60. The largest absolute Gasteiger partial charge is 0.465 e. The molecule has 0 aliphatic carbocycles. The monoisotopic (exact) mass is 376 g/mol. The van der Waals surface area contributed by atoms with Gasteiger partial charge in [0, 0.05) is 41.0 Å². The standard InChI is InChI=1S/C22H24N4O2/c1-14(26-18-9-6-16(7-10-18)22(27)28-5)12-20(24-3)17-8-11-19(15(2)23)21(13-17)25-4/h6-13,23,25-26H,1,3H2,2,4-5H3/b20-12-,23-15?. The molecular weight excluding hydrogens is 352 g/mol. The molecule has 28 heavy (non-hydrogen) atoms. The Balaban J connectivity index is 2.22. The van der Waals surface area contributed by atoms with E-state index >= 15 is 0 Å². The minimum Gasteiger partial charge on any atom is -0.465 e. The van der Waals surface area contributed by atoms with E-state index in [2.05, 4.69) is 28.9 Å². The number of benzene rings is 2. The van der Waals surface area contributed by atoms with E-state index in [1.54, 1.807) is 37.3 Å². The summed E-state index contributed by atoms with van der Waals surface area (Å²) in [4.78, 5) is 15.6. The lowest BCUT2D eigenvalue weighted by Gasteiger charge is -2.12. The lowest BCUT2D eigenvalue weighted by Crippen LogP contribution is -2.02. The fraction of sp³-hybridized carbons (Fsp3) is 0.136. The molecule has 0 aromatic heterocycles. The zero-order valence-corrected chi connectivity index (χ0v) is 16.3. The summed E-state index contributed by atoms with van der Waals surface area (Å²) >= 11 is 0. The van der Waals surface area contributed by atoms with Crippen molar-refractivity contribution in [3.8, 4) is 0 Å². The second-order valence-corrected chi connectivity index (χ2v) is 6.04. The number of allylic oxidation sites excluding steroid dienone is 1. The highest BCUT2D eigenvalue weighted by molar-refractivity contribution is 6.02. The number of carbonyl (C=O) groups excluding carboxylic acids is 1. The van der Waals surface area contributed by atoms with Crippen molar-refractivity contribution in [3.63, 3.8) is 0 Å². The molecule has 0 aliphatic heterocycles. The summed E-state index contributed by atoms with van der Waals surface area (Å²) in [5.41, 5.74) is 5.53. The summed E-state index contributed by atoms with van der Waals surface area (Å²) in [5.74, 6) is -0.382. The summed E-state index contributed by atoms with van der Waals surface area (Å²) in [6, 6.07) is 12.6. The highest BCUT2D eigenvalue weighted by Crippen LogP contribution is 2.25. The van der Waals surface area contributed by atoms with Gasteiger partial charge in [0.25, 0.3) is 0 Å². The Morgan fingerprint density at radius 1 is 1.18 bits per heavy atom. The number of nitrogens with one attached hydrogen (secondary N) is 3. The van der Waals surface area contributed by atoms with Crippen molar-refractivity contribution < 1.29 is 9.53 Å². The number of nitrogens with zero attached hydrogens (tertiary/aromatic N) is 1. The van der Waals surface area contributed by atoms with Gasteiger partial charge in [0.05, 0.1) is 18.4 Å². The fourth-order valence-electron chi connectivity index (χ4n) is 2.65. The Morgan fingerprint density at radius 2 is 1.82 bits per heavy atom. The van der Waals surface area contributed by atoms with Crippen LogP contribution in [0.25, 0.3) is 5.70 Å². The zero-order chi connectivity index (χ0) is 20.7. The van der Waals surface area contributed by atoms with Crippen LogP contribution in [0.1, 0.15) is 28.4 Å². The molecule has 3 N–H and O–H groups in total. The fourth-order valence-corrected chi connectivity index (χ4v) is 2.65. The van der Waals surface area contributed by atoms with Crippen molar-refractivity contribution in [2.75, 3.05) is 24.8 Å². The molecule has 144 valence electrons. The van der Waals surface area contributed by atoms with E-state index in [1.165, 1.54) is 7.11 Å². The average molecular weight is 376 g/mol. The third-order valence-electron chi connectivity index (χ3n) is 4.08. The third kappa shape index (κ3) is 4.94. The van der Waals surface area contributed by atoms with Gasteiger partial charge in [-0.15, -0.1) is 0 Å². The summed E-state index contributed by atoms with van der Waals surface area (Å²) in [6.07, 6.45) is 1.78. The van der Waals surface area contributed by atoms with Crippen molar-refractivity contribution in [3.05, 3.63) is 77.5 Å². The molecule has 6 nitrogen and oxygen atoms in total. The molecule has 0 spiro atoms. The van der Waals surface area contributed by atoms with Gasteiger partial charge in [-0.25, -0.2) is 4.79 Å². The number of carbonyl (C=O) groups is 1. The molecule has 0 unspecified atom stereocenters. The molecule has 0 bridgehead atoms. The summed E-state index contributed by atoms with van der Waals surface area (Å²) < 4.78 is 4.69. The minimum absolute atomic E-state index is 0.382. The van der Waals surface area contributed by atoms with Gasteiger partial charge in [-0.3, -0.25) is 4.99 Å². The number of esters is 1. The van der Waals surface area contributed by atoms with Crippen molar-refractivity contribution in [1.29, 1.82) is 5.41 Å². The summed E-state index contributed by atoms with van der Waals surface area (Å²) in [6.45, 7) is 9.40. The second-order valence-electron chi connectivity index (χ2n) is 6.04. The molecule has 0 heterocycles.